The van der Waals surface area contributed by atoms with Crippen LogP contribution in [0.5, 0.6) is 0 Å². The van der Waals surface area contributed by atoms with Gasteiger partial charge in [0.2, 0.25) is 0 Å². The van der Waals surface area contributed by atoms with E-state index in [-0.39, 0.29) is 11.9 Å². The van der Waals surface area contributed by atoms with Crippen LogP contribution < -0.4 is 10.6 Å². The molecule has 2 aromatic rings. The smallest absolute Gasteiger partial charge is 0.255 e. The van der Waals surface area contributed by atoms with E-state index in [0.29, 0.717) is 5.56 Å². The zero-order valence-electron chi connectivity index (χ0n) is 9.97. The van der Waals surface area contributed by atoms with Crippen molar-refractivity contribution in [1.29, 1.82) is 0 Å². The average molecular weight is 245 g/mol. The van der Waals surface area contributed by atoms with Gasteiger partial charge in [-0.05, 0) is 19.4 Å². The van der Waals surface area contributed by atoms with Crippen LogP contribution in [0.2, 0.25) is 0 Å². The van der Waals surface area contributed by atoms with Crippen LogP contribution in [0.25, 0.3) is 5.52 Å². The van der Waals surface area contributed by atoms with Gasteiger partial charge in [-0.15, -0.1) is 0 Å². The fourth-order valence-corrected chi connectivity index (χ4v) is 2.25. The highest BCUT2D eigenvalue weighted by atomic mass is 16.1. The fourth-order valence-electron chi connectivity index (χ4n) is 2.25. The van der Waals surface area contributed by atoms with Crippen molar-refractivity contribution in [2.45, 2.75) is 18.9 Å². The lowest BCUT2D eigenvalue weighted by molar-refractivity contribution is 0.0932. The topological polar surface area (TPSA) is 71.3 Å². The van der Waals surface area contributed by atoms with Gasteiger partial charge in [-0.25, -0.2) is 4.52 Å². The van der Waals surface area contributed by atoms with Crippen LogP contribution in [-0.2, 0) is 0 Å². The zero-order valence-corrected chi connectivity index (χ0v) is 9.97. The van der Waals surface area contributed by atoms with E-state index in [2.05, 4.69) is 20.7 Å². The lowest BCUT2D eigenvalue weighted by Crippen LogP contribution is -2.45. The molecule has 6 nitrogen and oxygen atoms in total. The van der Waals surface area contributed by atoms with E-state index in [1.54, 1.807) is 29.3 Å². The molecule has 94 valence electrons. The molecule has 0 bridgehead atoms. The van der Waals surface area contributed by atoms with Crippen molar-refractivity contribution < 1.29 is 4.79 Å². The first-order valence-electron chi connectivity index (χ1n) is 6.13. The Balaban J connectivity index is 1.79. The number of piperidine rings is 1. The summed E-state index contributed by atoms with van der Waals surface area (Å²) in [5, 5.41) is 10.4. The Morgan fingerprint density at radius 1 is 1.50 bits per heavy atom. The Labute approximate surface area is 104 Å². The van der Waals surface area contributed by atoms with Crippen LogP contribution in [-0.4, -0.2) is 39.6 Å². The zero-order chi connectivity index (χ0) is 12.4. The normalized spacial score (nSPS) is 19.9. The van der Waals surface area contributed by atoms with Gasteiger partial charge in [-0.2, -0.15) is 5.10 Å². The number of carbonyl (C=O) groups excluding carboxylic acids is 1. The standard InChI is InChI=1S/C12H15N5O/c18-12(16-9-2-1-3-13-6-9)10-7-15-17-5-4-14-8-11(10)17/h4-5,7-9,13H,1-3,6H2,(H,16,18). The van der Waals surface area contributed by atoms with Crippen molar-refractivity contribution in [2.75, 3.05) is 13.1 Å². The maximum absolute atomic E-state index is 12.2. The molecule has 1 saturated heterocycles. The van der Waals surface area contributed by atoms with Gasteiger partial charge in [0.1, 0.15) is 0 Å². The molecular weight excluding hydrogens is 230 g/mol. The molecule has 18 heavy (non-hydrogen) atoms. The van der Waals surface area contributed by atoms with E-state index in [0.717, 1.165) is 31.4 Å². The van der Waals surface area contributed by atoms with Crippen molar-refractivity contribution in [1.82, 2.24) is 25.2 Å². The van der Waals surface area contributed by atoms with Crippen LogP contribution in [0.3, 0.4) is 0 Å². The summed E-state index contributed by atoms with van der Waals surface area (Å²) in [5.74, 6) is -0.0771. The lowest BCUT2D eigenvalue weighted by Gasteiger charge is -2.23. The second-order valence-corrected chi connectivity index (χ2v) is 4.48. The summed E-state index contributed by atoms with van der Waals surface area (Å²) in [7, 11) is 0. The molecule has 1 unspecified atom stereocenters. The fraction of sp³-hybridized carbons (Fsp3) is 0.417. The van der Waals surface area contributed by atoms with Gasteiger partial charge >= 0.3 is 0 Å². The third-order valence-electron chi connectivity index (χ3n) is 3.20. The first kappa shape index (κ1) is 11.2. The van der Waals surface area contributed by atoms with Gasteiger partial charge in [0.05, 0.1) is 23.5 Å². The lowest BCUT2D eigenvalue weighted by atomic mass is 10.1. The Morgan fingerprint density at radius 2 is 2.44 bits per heavy atom. The molecule has 6 heteroatoms. The summed E-state index contributed by atoms with van der Waals surface area (Å²) in [5.41, 5.74) is 1.31. The summed E-state index contributed by atoms with van der Waals surface area (Å²) >= 11 is 0. The molecule has 1 aliphatic rings. The second kappa shape index (κ2) is 4.73. The molecular formula is C12H15N5O. The summed E-state index contributed by atoms with van der Waals surface area (Å²) in [6, 6.07) is 0.206. The molecule has 0 aromatic carbocycles. The van der Waals surface area contributed by atoms with Crippen molar-refractivity contribution in [3.8, 4) is 0 Å². The van der Waals surface area contributed by atoms with Crippen LogP contribution in [0.1, 0.15) is 23.2 Å². The first-order valence-corrected chi connectivity index (χ1v) is 6.13. The van der Waals surface area contributed by atoms with E-state index in [1.807, 2.05) is 0 Å². The molecule has 1 fully saturated rings. The van der Waals surface area contributed by atoms with Crippen LogP contribution in [0, 0.1) is 0 Å². The van der Waals surface area contributed by atoms with E-state index >= 15 is 0 Å². The van der Waals surface area contributed by atoms with Gasteiger partial charge in [0, 0.05) is 25.0 Å². The van der Waals surface area contributed by atoms with Crippen molar-refractivity contribution >= 4 is 11.4 Å². The molecule has 3 rings (SSSR count). The number of nitrogens with zero attached hydrogens (tertiary/aromatic N) is 3. The molecule has 0 radical (unpaired) electrons. The maximum Gasteiger partial charge on any atom is 0.255 e. The minimum Gasteiger partial charge on any atom is -0.348 e. The van der Waals surface area contributed by atoms with Gasteiger partial charge in [0.25, 0.3) is 5.91 Å². The molecule has 1 amide bonds. The van der Waals surface area contributed by atoms with Gasteiger partial charge in [0.15, 0.2) is 0 Å². The number of aromatic nitrogens is 3. The highest BCUT2D eigenvalue weighted by molar-refractivity contribution is 6.00. The number of fused-ring (bicyclic) bond motifs is 1. The van der Waals surface area contributed by atoms with Crippen molar-refractivity contribution in [2.24, 2.45) is 0 Å². The third kappa shape index (κ3) is 2.06. The molecule has 2 aromatic heterocycles. The van der Waals surface area contributed by atoms with Crippen LogP contribution in [0.4, 0.5) is 0 Å². The van der Waals surface area contributed by atoms with Gasteiger partial charge < -0.3 is 10.6 Å². The highest BCUT2D eigenvalue weighted by Crippen LogP contribution is 2.10. The summed E-state index contributed by atoms with van der Waals surface area (Å²) in [4.78, 5) is 16.2. The second-order valence-electron chi connectivity index (χ2n) is 4.48. The maximum atomic E-state index is 12.2. The van der Waals surface area contributed by atoms with E-state index in [1.165, 1.54) is 0 Å². The Kier molecular flexibility index (Phi) is 2.93. The Bertz CT molecular complexity index is 558. The minimum absolute atomic E-state index is 0.0771. The summed E-state index contributed by atoms with van der Waals surface area (Å²) in [6.07, 6.45) is 8.74. The summed E-state index contributed by atoms with van der Waals surface area (Å²) in [6.45, 7) is 1.87. The highest BCUT2D eigenvalue weighted by Gasteiger charge is 2.18. The summed E-state index contributed by atoms with van der Waals surface area (Å²) < 4.78 is 1.65. The molecule has 1 aliphatic heterocycles. The molecule has 0 aliphatic carbocycles. The van der Waals surface area contributed by atoms with Gasteiger partial charge in [-0.1, -0.05) is 0 Å². The van der Waals surface area contributed by atoms with Crippen LogP contribution >= 0.6 is 0 Å². The quantitative estimate of drug-likeness (QED) is 0.793. The predicted octanol–water partition coefficient (Wildman–Crippen LogP) is 0.211. The monoisotopic (exact) mass is 245 g/mol. The Morgan fingerprint density at radius 3 is 3.28 bits per heavy atom. The molecule has 1 atom stereocenters. The number of hydrogen-bond acceptors (Lipinski definition) is 4. The predicted molar refractivity (Wildman–Crippen MR) is 66.3 cm³/mol. The SMILES string of the molecule is O=C(NC1CCCNC1)c1cnn2ccncc12. The number of hydrogen-bond donors (Lipinski definition) is 2. The average Bonchev–Trinajstić information content (AvgIpc) is 2.84. The van der Waals surface area contributed by atoms with Crippen molar-refractivity contribution in [3.05, 3.63) is 30.4 Å². The first-order chi connectivity index (χ1) is 8.84. The molecule has 0 saturated carbocycles. The van der Waals surface area contributed by atoms with E-state index in [9.17, 15) is 4.79 Å². The number of amides is 1. The number of nitrogens with one attached hydrogen (secondary N) is 2. The van der Waals surface area contributed by atoms with E-state index in [4.69, 9.17) is 0 Å². The van der Waals surface area contributed by atoms with E-state index < -0.39 is 0 Å². The largest absolute Gasteiger partial charge is 0.348 e. The minimum atomic E-state index is -0.0771. The molecule has 0 spiro atoms. The Hall–Kier alpha value is -1.95. The van der Waals surface area contributed by atoms with Gasteiger partial charge in [-0.3, -0.25) is 9.78 Å². The van der Waals surface area contributed by atoms with Crippen LogP contribution in [0.15, 0.2) is 24.8 Å². The van der Waals surface area contributed by atoms with Crippen molar-refractivity contribution in [3.63, 3.8) is 0 Å². The molecule has 3 heterocycles. The third-order valence-corrected chi connectivity index (χ3v) is 3.20. The molecule has 2 N–H and O–H groups in total. The number of rotatable bonds is 2. The number of carbonyl (C=O) groups is 1.